The maximum atomic E-state index is 12.7. The largest absolute Gasteiger partial charge is 0.340 e. The number of aryl methyl sites for hydroxylation is 2. The monoisotopic (exact) mass is 349 g/mol. The molecular weight excluding hydrogens is 322 g/mol. The molecule has 2 heterocycles. The summed E-state index contributed by atoms with van der Waals surface area (Å²) in [5.41, 5.74) is 5.41. The number of rotatable bonds is 4. The van der Waals surface area contributed by atoms with Crippen LogP contribution in [0.5, 0.6) is 0 Å². The molecule has 0 atom stereocenters. The average molecular weight is 349 g/mol. The summed E-state index contributed by atoms with van der Waals surface area (Å²) in [7, 11) is 0. The Labute approximate surface area is 155 Å². The van der Waals surface area contributed by atoms with Gasteiger partial charge >= 0.3 is 0 Å². The Kier molecular flexibility index (Phi) is 5.30. The molecule has 0 unspecified atom stereocenters. The molecule has 1 aliphatic heterocycles. The topological polar surface area (TPSA) is 36.4 Å². The highest BCUT2D eigenvalue weighted by Crippen LogP contribution is 2.22. The van der Waals surface area contributed by atoms with Crippen molar-refractivity contribution in [3.8, 4) is 0 Å². The summed E-state index contributed by atoms with van der Waals surface area (Å²) in [6.07, 6.45) is 9.17. The highest BCUT2D eigenvalue weighted by molar-refractivity contribution is 5.79. The lowest BCUT2D eigenvalue weighted by Crippen LogP contribution is -2.48. The van der Waals surface area contributed by atoms with Gasteiger partial charge in [-0.05, 0) is 60.1 Å². The molecule has 4 heteroatoms. The van der Waals surface area contributed by atoms with Crippen LogP contribution in [0.15, 0.2) is 42.7 Å². The van der Waals surface area contributed by atoms with E-state index in [1.807, 2.05) is 17.3 Å². The first kappa shape index (κ1) is 17.2. The number of hydrogen-bond acceptors (Lipinski definition) is 3. The number of pyridine rings is 1. The molecular formula is C22H27N3O. The van der Waals surface area contributed by atoms with Crippen molar-refractivity contribution >= 4 is 5.91 Å². The predicted octanol–water partition coefficient (Wildman–Crippen LogP) is 2.85. The fourth-order valence-corrected chi connectivity index (χ4v) is 4.08. The summed E-state index contributed by atoms with van der Waals surface area (Å²) in [5.74, 6) is 0.268. The number of amides is 1. The van der Waals surface area contributed by atoms with Crippen molar-refractivity contribution in [3.05, 3.63) is 65.0 Å². The fraction of sp³-hybridized carbons (Fsp3) is 0.455. The average Bonchev–Trinajstić information content (AvgIpc) is 2.69. The number of aromatic nitrogens is 1. The van der Waals surface area contributed by atoms with Gasteiger partial charge in [0.2, 0.25) is 5.91 Å². The Balaban J connectivity index is 1.30. The zero-order valence-corrected chi connectivity index (χ0v) is 15.4. The minimum Gasteiger partial charge on any atom is -0.340 e. The summed E-state index contributed by atoms with van der Waals surface area (Å²) >= 11 is 0. The van der Waals surface area contributed by atoms with Gasteiger partial charge in [0.15, 0.2) is 0 Å². The van der Waals surface area contributed by atoms with Crippen molar-refractivity contribution in [2.75, 3.05) is 26.2 Å². The number of fused-ring (bicyclic) bond motifs is 1. The molecule has 0 N–H and O–H groups in total. The van der Waals surface area contributed by atoms with Crippen LogP contribution >= 0.6 is 0 Å². The van der Waals surface area contributed by atoms with Gasteiger partial charge in [0.1, 0.15) is 0 Å². The van der Waals surface area contributed by atoms with Crippen LogP contribution < -0.4 is 0 Å². The van der Waals surface area contributed by atoms with Crippen LogP contribution in [0.25, 0.3) is 0 Å². The molecule has 2 aromatic rings. The van der Waals surface area contributed by atoms with Gasteiger partial charge in [-0.1, -0.05) is 18.2 Å². The zero-order valence-electron chi connectivity index (χ0n) is 15.4. The lowest BCUT2D eigenvalue weighted by molar-refractivity contribution is -0.132. The van der Waals surface area contributed by atoms with E-state index in [-0.39, 0.29) is 5.91 Å². The second-order valence-electron chi connectivity index (χ2n) is 7.50. The van der Waals surface area contributed by atoms with E-state index in [9.17, 15) is 4.79 Å². The van der Waals surface area contributed by atoms with Crippen molar-refractivity contribution in [1.82, 2.24) is 14.8 Å². The third-order valence-electron chi connectivity index (χ3n) is 5.65. The second-order valence-corrected chi connectivity index (χ2v) is 7.50. The molecule has 4 nitrogen and oxygen atoms in total. The van der Waals surface area contributed by atoms with Crippen molar-refractivity contribution < 1.29 is 4.79 Å². The Hall–Kier alpha value is -2.20. The maximum absolute atomic E-state index is 12.7. The van der Waals surface area contributed by atoms with E-state index in [2.05, 4.69) is 40.2 Å². The lowest BCUT2D eigenvalue weighted by atomic mass is 9.90. The summed E-state index contributed by atoms with van der Waals surface area (Å²) in [6.45, 7) is 4.48. The number of carbonyl (C=O) groups is 1. The third kappa shape index (κ3) is 4.13. The Bertz CT molecular complexity index is 751. The van der Waals surface area contributed by atoms with Gasteiger partial charge in [-0.25, -0.2) is 0 Å². The van der Waals surface area contributed by atoms with E-state index < -0.39 is 0 Å². The van der Waals surface area contributed by atoms with Crippen molar-refractivity contribution in [1.29, 1.82) is 0 Å². The Morgan fingerprint density at radius 1 is 0.885 bits per heavy atom. The van der Waals surface area contributed by atoms with Gasteiger partial charge in [0, 0.05) is 45.1 Å². The van der Waals surface area contributed by atoms with Gasteiger partial charge in [-0.3, -0.25) is 14.7 Å². The van der Waals surface area contributed by atoms with Crippen LogP contribution in [0.3, 0.4) is 0 Å². The van der Waals surface area contributed by atoms with Gasteiger partial charge in [-0.15, -0.1) is 0 Å². The van der Waals surface area contributed by atoms with E-state index in [4.69, 9.17) is 0 Å². The first-order valence-electron chi connectivity index (χ1n) is 9.78. The lowest BCUT2D eigenvalue weighted by Gasteiger charge is -2.35. The molecule has 1 amide bonds. The smallest absolute Gasteiger partial charge is 0.227 e. The molecule has 136 valence electrons. The zero-order chi connectivity index (χ0) is 17.8. The molecule has 1 aliphatic carbocycles. The Morgan fingerprint density at radius 2 is 1.62 bits per heavy atom. The maximum Gasteiger partial charge on any atom is 0.227 e. The van der Waals surface area contributed by atoms with Gasteiger partial charge in [-0.2, -0.15) is 0 Å². The highest BCUT2D eigenvalue weighted by Gasteiger charge is 2.21. The predicted molar refractivity (Wildman–Crippen MR) is 103 cm³/mol. The van der Waals surface area contributed by atoms with Crippen LogP contribution in [0.2, 0.25) is 0 Å². The summed E-state index contributed by atoms with van der Waals surface area (Å²) < 4.78 is 0. The van der Waals surface area contributed by atoms with E-state index in [0.717, 1.165) is 32.7 Å². The SMILES string of the molecule is O=C(Cc1ccc2c(c1)CCCC2)N1CCN(Cc2ccncc2)CC1. The second kappa shape index (κ2) is 8.00. The van der Waals surface area contributed by atoms with Gasteiger partial charge in [0.05, 0.1) is 6.42 Å². The molecule has 1 aromatic carbocycles. The van der Waals surface area contributed by atoms with Crippen molar-refractivity contribution in [3.63, 3.8) is 0 Å². The Morgan fingerprint density at radius 3 is 2.38 bits per heavy atom. The molecule has 26 heavy (non-hydrogen) atoms. The number of nitrogens with zero attached hydrogens (tertiary/aromatic N) is 3. The molecule has 0 bridgehead atoms. The van der Waals surface area contributed by atoms with E-state index in [1.54, 1.807) is 0 Å². The molecule has 0 spiro atoms. The first-order chi connectivity index (χ1) is 12.8. The van der Waals surface area contributed by atoms with Gasteiger partial charge in [0.25, 0.3) is 0 Å². The summed E-state index contributed by atoms with van der Waals surface area (Å²) in [4.78, 5) is 21.2. The number of hydrogen-bond donors (Lipinski definition) is 0. The quantitative estimate of drug-likeness (QED) is 0.852. The third-order valence-corrected chi connectivity index (χ3v) is 5.65. The van der Waals surface area contributed by atoms with Crippen LogP contribution in [0, 0.1) is 0 Å². The minimum absolute atomic E-state index is 0.268. The molecule has 1 saturated heterocycles. The van der Waals surface area contributed by atoms with E-state index in [0.29, 0.717) is 6.42 Å². The fourth-order valence-electron chi connectivity index (χ4n) is 4.08. The summed E-state index contributed by atoms with van der Waals surface area (Å²) in [5, 5.41) is 0. The minimum atomic E-state index is 0.268. The molecule has 1 fully saturated rings. The number of carbonyl (C=O) groups excluding carboxylic acids is 1. The van der Waals surface area contributed by atoms with Crippen molar-refractivity contribution in [2.45, 2.75) is 38.6 Å². The highest BCUT2D eigenvalue weighted by atomic mass is 16.2. The van der Waals surface area contributed by atoms with Crippen LogP contribution in [-0.4, -0.2) is 46.9 Å². The normalized spacial score (nSPS) is 17.8. The van der Waals surface area contributed by atoms with E-state index in [1.165, 1.54) is 47.9 Å². The van der Waals surface area contributed by atoms with E-state index >= 15 is 0 Å². The number of piperazine rings is 1. The summed E-state index contributed by atoms with van der Waals surface area (Å²) in [6, 6.07) is 10.8. The molecule has 2 aliphatic rings. The number of benzene rings is 1. The standard InChI is InChI=1S/C22H27N3O/c26-22(16-19-5-6-20-3-1-2-4-21(20)15-19)25-13-11-24(12-14-25)17-18-7-9-23-10-8-18/h5-10,15H,1-4,11-14,16-17H2. The van der Waals surface area contributed by atoms with Crippen molar-refractivity contribution in [2.24, 2.45) is 0 Å². The molecule has 0 radical (unpaired) electrons. The first-order valence-corrected chi connectivity index (χ1v) is 9.78. The molecule has 0 saturated carbocycles. The van der Waals surface area contributed by atoms with Gasteiger partial charge < -0.3 is 4.90 Å². The van der Waals surface area contributed by atoms with Crippen LogP contribution in [0.1, 0.15) is 35.1 Å². The molecule has 4 rings (SSSR count). The van der Waals surface area contributed by atoms with Crippen LogP contribution in [-0.2, 0) is 30.6 Å². The van der Waals surface area contributed by atoms with Crippen LogP contribution in [0.4, 0.5) is 0 Å². The molecule has 1 aromatic heterocycles.